The summed E-state index contributed by atoms with van der Waals surface area (Å²) in [6.07, 6.45) is 0. The number of fused-ring (bicyclic) bond motifs is 1. The number of nitro groups is 1. The molecule has 7 nitrogen and oxygen atoms in total. The standard InChI is InChI=1S/C16H13ClN4O3/c1-9(18-16(22)10-3-2-4-11(17)7-10)15-19-13-6-5-12(21(23)24)8-14(13)20-15/h2-9H,1H3,(H,18,22)(H,19,20). The molecule has 3 aromatic rings. The number of rotatable bonds is 4. The number of aromatic nitrogens is 2. The number of imidazole rings is 1. The van der Waals surface area contributed by atoms with Gasteiger partial charge in [-0.25, -0.2) is 4.98 Å². The predicted octanol–water partition coefficient (Wildman–Crippen LogP) is 3.62. The smallest absolute Gasteiger partial charge is 0.271 e. The fourth-order valence-electron chi connectivity index (χ4n) is 2.31. The van der Waals surface area contributed by atoms with Gasteiger partial charge in [-0.15, -0.1) is 0 Å². The van der Waals surface area contributed by atoms with Crippen molar-refractivity contribution in [3.05, 3.63) is 69.0 Å². The molecule has 1 amide bonds. The third-order valence-electron chi connectivity index (χ3n) is 3.54. The van der Waals surface area contributed by atoms with E-state index in [4.69, 9.17) is 11.6 Å². The maximum atomic E-state index is 12.2. The number of benzene rings is 2. The van der Waals surface area contributed by atoms with Gasteiger partial charge in [0.15, 0.2) is 0 Å². The summed E-state index contributed by atoms with van der Waals surface area (Å²) < 4.78 is 0. The number of aromatic amines is 1. The van der Waals surface area contributed by atoms with Crippen LogP contribution >= 0.6 is 11.6 Å². The Labute approximate surface area is 141 Å². The summed E-state index contributed by atoms with van der Waals surface area (Å²) in [6, 6.07) is 10.6. The van der Waals surface area contributed by atoms with Gasteiger partial charge in [-0.2, -0.15) is 0 Å². The van der Waals surface area contributed by atoms with Gasteiger partial charge in [0.05, 0.1) is 22.0 Å². The van der Waals surface area contributed by atoms with Crippen molar-refractivity contribution < 1.29 is 9.72 Å². The van der Waals surface area contributed by atoms with Crippen molar-refractivity contribution >= 4 is 34.2 Å². The first-order valence-corrected chi connectivity index (χ1v) is 7.52. The van der Waals surface area contributed by atoms with E-state index in [1.54, 1.807) is 37.3 Å². The number of amides is 1. The lowest BCUT2D eigenvalue weighted by Crippen LogP contribution is -2.27. The number of H-pyrrole nitrogens is 1. The summed E-state index contributed by atoms with van der Waals surface area (Å²) >= 11 is 5.88. The van der Waals surface area contributed by atoms with E-state index in [0.717, 1.165) is 0 Å². The summed E-state index contributed by atoms with van der Waals surface area (Å²) in [6.45, 7) is 1.77. The van der Waals surface area contributed by atoms with Gasteiger partial charge >= 0.3 is 0 Å². The van der Waals surface area contributed by atoms with E-state index in [1.165, 1.54) is 12.1 Å². The number of nitrogens with zero attached hydrogens (tertiary/aromatic N) is 2. The molecule has 1 aromatic heterocycles. The van der Waals surface area contributed by atoms with Crippen molar-refractivity contribution in [2.45, 2.75) is 13.0 Å². The lowest BCUT2D eigenvalue weighted by atomic mass is 10.2. The molecule has 0 aliphatic carbocycles. The number of carbonyl (C=O) groups is 1. The van der Waals surface area contributed by atoms with Gasteiger partial charge in [0, 0.05) is 22.7 Å². The van der Waals surface area contributed by atoms with Crippen molar-refractivity contribution in [3.8, 4) is 0 Å². The van der Waals surface area contributed by atoms with Gasteiger partial charge in [-0.3, -0.25) is 14.9 Å². The van der Waals surface area contributed by atoms with Crippen LogP contribution in [0.2, 0.25) is 5.02 Å². The molecule has 1 unspecified atom stereocenters. The van der Waals surface area contributed by atoms with Crippen LogP contribution < -0.4 is 5.32 Å². The number of hydrogen-bond donors (Lipinski definition) is 2. The lowest BCUT2D eigenvalue weighted by Gasteiger charge is -2.11. The summed E-state index contributed by atoms with van der Waals surface area (Å²) in [5.74, 6) is 0.234. The molecule has 24 heavy (non-hydrogen) atoms. The molecule has 0 aliphatic heterocycles. The van der Waals surface area contributed by atoms with E-state index in [-0.39, 0.29) is 11.6 Å². The molecule has 0 aliphatic rings. The summed E-state index contributed by atoms with van der Waals surface area (Å²) in [5.41, 5.74) is 1.57. The van der Waals surface area contributed by atoms with E-state index >= 15 is 0 Å². The van der Waals surface area contributed by atoms with E-state index in [0.29, 0.717) is 27.4 Å². The van der Waals surface area contributed by atoms with Crippen LogP contribution in [0, 0.1) is 10.1 Å². The molecule has 0 saturated carbocycles. The fourth-order valence-corrected chi connectivity index (χ4v) is 2.50. The number of nitrogens with one attached hydrogen (secondary N) is 2. The second-order valence-electron chi connectivity index (χ2n) is 5.29. The molecule has 0 saturated heterocycles. The Kier molecular flexibility index (Phi) is 4.18. The second-order valence-corrected chi connectivity index (χ2v) is 5.72. The lowest BCUT2D eigenvalue weighted by molar-refractivity contribution is -0.384. The largest absolute Gasteiger partial charge is 0.342 e. The molecule has 2 aromatic carbocycles. The first kappa shape index (κ1) is 15.9. The molecular weight excluding hydrogens is 332 g/mol. The van der Waals surface area contributed by atoms with Crippen LogP contribution in [0.5, 0.6) is 0 Å². The molecule has 1 atom stereocenters. The maximum absolute atomic E-state index is 12.2. The molecule has 8 heteroatoms. The van der Waals surface area contributed by atoms with Crippen LogP contribution in [0.3, 0.4) is 0 Å². The summed E-state index contributed by atoms with van der Waals surface area (Å²) in [5, 5.41) is 14.1. The molecule has 122 valence electrons. The Hall–Kier alpha value is -2.93. The second kappa shape index (κ2) is 6.29. The highest BCUT2D eigenvalue weighted by Crippen LogP contribution is 2.21. The number of hydrogen-bond acceptors (Lipinski definition) is 4. The molecule has 2 N–H and O–H groups in total. The SMILES string of the molecule is CC(NC(=O)c1cccc(Cl)c1)c1nc2ccc([N+](=O)[O-])cc2[nH]1. The van der Waals surface area contributed by atoms with Crippen molar-refractivity contribution in [1.29, 1.82) is 0 Å². The Morgan fingerprint density at radius 1 is 1.33 bits per heavy atom. The molecule has 0 radical (unpaired) electrons. The minimum Gasteiger partial charge on any atom is -0.342 e. The number of non-ortho nitro benzene ring substituents is 1. The van der Waals surface area contributed by atoms with E-state index in [2.05, 4.69) is 15.3 Å². The van der Waals surface area contributed by atoms with E-state index in [1.807, 2.05) is 0 Å². The zero-order valence-corrected chi connectivity index (χ0v) is 13.4. The number of halogens is 1. The van der Waals surface area contributed by atoms with E-state index < -0.39 is 11.0 Å². The molecule has 3 rings (SSSR count). The Balaban J connectivity index is 1.82. The number of carbonyl (C=O) groups excluding carboxylic acids is 1. The average Bonchev–Trinajstić information content (AvgIpc) is 2.98. The van der Waals surface area contributed by atoms with Crippen LogP contribution in [0.15, 0.2) is 42.5 Å². The predicted molar refractivity (Wildman–Crippen MR) is 90.1 cm³/mol. The molecule has 0 spiro atoms. The molecule has 0 bridgehead atoms. The first-order valence-electron chi connectivity index (χ1n) is 7.14. The normalized spacial score (nSPS) is 12.1. The highest BCUT2D eigenvalue weighted by atomic mass is 35.5. The van der Waals surface area contributed by atoms with Crippen LogP contribution in [0.1, 0.15) is 29.1 Å². The van der Waals surface area contributed by atoms with Gasteiger partial charge in [-0.1, -0.05) is 17.7 Å². The minimum atomic E-state index is -0.468. The van der Waals surface area contributed by atoms with Gasteiger partial charge in [0.25, 0.3) is 11.6 Å². The van der Waals surface area contributed by atoms with Gasteiger partial charge in [-0.05, 0) is 31.2 Å². The fraction of sp³-hybridized carbons (Fsp3) is 0.125. The highest BCUT2D eigenvalue weighted by Gasteiger charge is 2.16. The quantitative estimate of drug-likeness (QED) is 0.557. The highest BCUT2D eigenvalue weighted by molar-refractivity contribution is 6.30. The zero-order chi connectivity index (χ0) is 17.3. The van der Waals surface area contributed by atoms with Crippen LogP contribution in [-0.2, 0) is 0 Å². The monoisotopic (exact) mass is 344 g/mol. The molecular formula is C16H13ClN4O3. The van der Waals surface area contributed by atoms with Gasteiger partial charge < -0.3 is 10.3 Å². The molecule has 1 heterocycles. The van der Waals surface area contributed by atoms with Crippen LogP contribution in [-0.4, -0.2) is 20.8 Å². The average molecular weight is 345 g/mol. The van der Waals surface area contributed by atoms with Crippen LogP contribution in [0.25, 0.3) is 11.0 Å². The van der Waals surface area contributed by atoms with Crippen molar-refractivity contribution in [2.24, 2.45) is 0 Å². The summed E-state index contributed by atoms with van der Waals surface area (Å²) in [7, 11) is 0. The molecule has 0 fully saturated rings. The third-order valence-corrected chi connectivity index (χ3v) is 3.77. The number of nitro benzene ring substituents is 1. The van der Waals surface area contributed by atoms with Crippen molar-refractivity contribution in [3.63, 3.8) is 0 Å². The van der Waals surface area contributed by atoms with Gasteiger partial charge in [0.1, 0.15) is 5.82 Å². The Morgan fingerprint density at radius 2 is 2.12 bits per heavy atom. The Bertz CT molecular complexity index is 938. The topological polar surface area (TPSA) is 101 Å². The van der Waals surface area contributed by atoms with Crippen molar-refractivity contribution in [2.75, 3.05) is 0 Å². The van der Waals surface area contributed by atoms with Crippen LogP contribution in [0.4, 0.5) is 5.69 Å². The van der Waals surface area contributed by atoms with Crippen molar-refractivity contribution in [1.82, 2.24) is 15.3 Å². The summed E-state index contributed by atoms with van der Waals surface area (Å²) in [4.78, 5) is 30.0. The van der Waals surface area contributed by atoms with Gasteiger partial charge in [0.2, 0.25) is 0 Å². The maximum Gasteiger partial charge on any atom is 0.271 e. The Morgan fingerprint density at radius 3 is 2.83 bits per heavy atom. The zero-order valence-electron chi connectivity index (χ0n) is 12.6. The minimum absolute atomic E-state index is 0.0201. The van der Waals surface area contributed by atoms with E-state index in [9.17, 15) is 14.9 Å². The first-order chi connectivity index (χ1) is 11.4. The third kappa shape index (κ3) is 3.21.